The Morgan fingerprint density at radius 3 is 2.62 bits per heavy atom. The molecule has 12 heteroatoms. The van der Waals surface area contributed by atoms with Crippen LogP contribution < -0.4 is 10.2 Å². The van der Waals surface area contributed by atoms with E-state index in [1.807, 2.05) is 0 Å². The number of hydrogen-bond donors (Lipinski definition) is 1. The van der Waals surface area contributed by atoms with E-state index in [1.54, 1.807) is 0 Å². The molecule has 0 saturated carbocycles. The Bertz CT molecular complexity index is 899. The normalized spacial score (nSPS) is 18.3. The summed E-state index contributed by atoms with van der Waals surface area (Å²) in [4.78, 5) is 14.0. The number of nitriles is 1. The first-order chi connectivity index (χ1) is 13.5. The number of ether oxygens (including phenoxy) is 1. The molecular weight excluding hydrogens is 413 g/mol. The van der Waals surface area contributed by atoms with Crippen LogP contribution in [-0.4, -0.2) is 70.8 Å². The van der Waals surface area contributed by atoms with Crippen LogP contribution in [0, 0.1) is 11.3 Å². The first kappa shape index (κ1) is 22.9. The average Bonchev–Trinajstić information content (AvgIpc) is 2.65. The average molecular weight is 434 g/mol. The van der Waals surface area contributed by atoms with E-state index >= 15 is 0 Å². The largest absolute Gasteiger partial charge is 0.417 e. The second-order valence-electron chi connectivity index (χ2n) is 6.45. The van der Waals surface area contributed by atoms with Crippen molar-refractivity contribution in [2.75, 3.05) is 51.1 Å². The summed E-state index contributed by atoms with van der Waals surface area (Å²) in [6.07, 6.45) is -3.74. The lowest BCUT2D eigenvalue weighted by Gasteiger charge is -2.41. The molecule has 1 aliphatic rings. The minimum absolute atomic E-state index is 0.0125. The zero-order valence-corrected chi connectivity index (χ0v) is 16.7. The number of halogens is 3. The maximum atomic E-state index is 13.3. The highest BCUT2D eigenvalue weighted by Crippen LogP contribution is 2.35. The third-order valence-corrected chi connectivity index (χ3v) is 5.75. The lowest BCUT2D eigenvalue weighted by molar-refractivity contribution is -0.137. The van der Waals surface area contributed by atoms with Crippen molar-refractivity contribution >= 4 is 21.6 Å². The third kappa shape index (κ3) is 5.59. The van der Waals surface area contributed by atoms with Crippen LogP contribution in [0.25, 0.3) is 0 Å². The zero-order valence-electron chi connectivity index (χ0n) is 15.9. The summed E-state index contributed by atoms with van der Waals surface area (Å²) in [5.74, 6) is -0.534. The number of carbonyl (C=O) groups is 1. The molecule has 8 nitrogen and oxygen atoms in total. The molecule has 0 radical (unpaired) electrons. The Balaban J connectivity index is 2.40. The van der Waals surface area contributed by atoms with Crippen molar-refractivity contribution in [3.63, 3.8) is 0 Å². The van der Waals surface area contributed by atoms with Crippen molar-refractivity contribution in [2.45, 2.75) is 12.2 Å². The van der Waals surface area contributed by atoms with Crippen molar-refractivity contribution in [2.24, 2.45) is 0 Å². The molecule has 1 atom stereocenters. The van der Waals surface area contributed by atoms with Crippen molar-refractivity contribution < 1.29 is 31.1 Å². The molecule has 1 aromatic rings. The molecule has 1 amide bonds. The predicted molar refractivity (Wildman–Crippen MR) is 98.6 cm³/mol. The van der Waals surface area contributed by atoms with E-state index in [4.69, 9.17) is 10.00 Å². The maximum Gasteiger partial charge on any atom is 0.417 e. The molecule has 160 valence electrons. The second-order valence-corrected chi connectivity index (χ2v) is 8.44. The van der Waals surface area contributed by atoms with E-state index in [0.717, 1.165) is 22.7 Å². The fourth-order valence-corrected chi connectivity index (χ4v) is 3.85. The number of hydrogen-bond acceptors (Lipinski definition) is 6. The number of rotatable bonds is 6. The molecule has 0 aromatic heterocycles. The van der Waals surface area contributed by atoms with Crippen molar-refractivity contribution in [3.8, 4) is 6.07 Å². The van der Waals surface area contributed by atoms with E-state index in [1.165, 1.54) is 24.1 Å². The van der Waals surface area contributed by atoms with Gasteiger partial charge in [0.25, 0.3) is 0 Å². The van der Waals surface area contributed by atoms with Gasteiger partial charge in [-0.1, -0.05) is 0 Å². The van der Waals surface area contributed by atoms with E-state index < -0.39 is 39.3 Å². The SMILES string of the molecule is COCCNC(=O)C1CN(S(C)(=O)=O)CCN1c1ccc(C#N)c(C(F)(F)F)c1. The van der Waals surface area contributed by atoms with Gasteiger partial charge in [-0.25, -0.2) is 8.42 Å². The summed E-state index contributed by atoms with van der Waals surface area (Å²) < 4.78 is 69.7. The predicted octanol–water partition coefficient (Wildman–Crippen LogP) is 0.790. The lowest BCUT2D eigenvalue weighted by Crippen LogP contribution is -2.60. The summed E-state index contributed by atoms with van der Waals surface area (Å²) in [6, 6.07) is 3.64. The highest BCUT2D eigenvalue weighted by atomic mass is 32.2. The number of piperazine rings is 1. The van der Waals surface area contributed by atoms with Crippen LogP contribution in [0.15, 0.2) is 18.2 Å². The Labute approximate surface area is 166 Å². The van der Waals surface area contributed by atoms with Gasteiger partial charge >= 0.3 is 6.18 Å². The van der Waals surface area contributed by atoms with E-state index in [-0.39, 0.29) is 38.5 Å². The number of alkyl halides is 3. The maximum absolute atomic E-state index is 13.3. The van der Waals surface area contributed by atoms with Crippen LogP contribution in [0.5, 0.6) is 0 Å². The summed E-state index contributed by atoms with van der Waals surface area (Å²) >= 11 is 0. The Kier molecular flexibility index (Phi) is 7.10. The summed E-state index contributed by atoms with van der Waals surface area (Å²) in [5, 5.41) is 11.5. The first-order valence-electron chi connectivity index (χ1n) is 8.58. The van der Waals surface area contributed by atoms with Gasteiger partial charge in [0.2, 0.25) is 15.9 Å². The van der Waals surface area contributed by atoms with Crippen molar-refractivity contribution in [3.05, 3.63) is 29.3 Å². The Hall–Kier alpha value is -2.36. The van der Waals surface area contributed by atoms with E-state index in [0.29, 0.717) is 0 Å². The number of methoxy groups -OCH3 is 1. The highest BCUT2D eigenvalue weighted by Gasteiger charge is 2.38. The Morgan fingerprint density at radius 1 is 1.38 bits per heavy atom. The molecule has 29 heavy (non-hydrogen) atoms. The minimum Gasteiger partial charge on any atom is -0.383 e. The van der Waals surface area contributed by atoms with Crippen LogP contribution >= 0.6 is 0 Å². The molecule has 0 spiro atoms. The van der Waals surface area contributed by atoms with Gasteiger partial charge in [-0.15, -0.1) is 0 Å². The fourth-order valence-electron chi connectivity index (χ4n) is 3.03. The third-order valence-electron chi connectivity index (χ3n) is 4.48. The van der Waals surface area contributed by atoms with Crippen molar-refractivity contribution in [1.29, 1.82) is 5.26 Å². The molecular formula is C17H21F3N4O4S. The fraction of sp³-hybridized carbons (Fsp3) is 0.529. The van der Waals surface area contributed by atoms with Gasteiger partial charge < -0.3 is 15.0 Å². The monoisotopic (exact) mass is 434 g/mol. The van der Waals surface area contributed by atoms with Gasteiger partial charge in [-0.3, -0.25) is 4.79 Å². The molecule has 1 aliphatic heterocycles. The number of carbonyl (C=O) groups excluding carboxylic acids is 1. The van der Waals surface area contributed by atoms with Gasteiger partial charge in [0.1, 0.15) is 6.04 Å². The number of amides is 1. The molecule has 1 unspecified atom stereocenters. The number of anilines is 1. The number of nitrogens with zero attached hydrogens (tertiary/aromatic N) is 3. The number of benzene rings is 1. The second kappa shape index (κ2) is 8.98. The van der Waals surface area contributed by atoms with Gasteiger partial charge in [-0.05, 0) is 18.2 Å². The standard InChI is InChI=1S/C17H21F3N4O4S/c1-28-8-5-22-16(25)15-11-23(29(2,26)27)6-7-24(15)13-4-3-12(10-21)14(9-13)17(18,19)20/h3-4,9,15H,5-8,11H2,1-2H3,(H,22,25). The number of nitrogens with one attached hydrogen (secondary N) is 1. The molecule has 0 bridgehead atoms. The molecule has 1 heterocycles. The van der Waals surface area contributed by atoms with Crippen LogP contribution in [0.4, 0.5) is 18.9 Å². The van der Waals surface area contributed by atoms with Gasteiger partial charge in [0.15, 0.2) is 0 Å². The molecule has 1 aromatic carbocycles. The van der Waals surface area contributed by atoms with Gasteiger partial charge in [0.05, 0.1) is 30.1 Å². The smallest absolute Gasteiger partial charge is 0.383 e. The topological polar surface area (TPSA) is 103 Å². The van der Waals surface area contributed by atoms with Crippen molar-refractivity contribution in [1.82, 2.24) is 9.62 Å². The van der Waals surface area contributed by atoms with Crippen LogP contribution in [-0.2, 0) is 25.7 Å². The Morgan fingerprint density at radius 2 is 2.07 bits per heavy atom. The van der Waals surface area contributed by atoms with Gasteiger partial charge in [0, 0.05) is 39.0 Å². The molecule has 1 fully saturated rings. The zero-order chi connectivity index (χ0) is 21.8. The van der Waals surface area contributed by atoms with Crippen LogP contribution in [0.3, 0.4) is 0 Å². The lowest BCUT2D eigenvalue weighted by atomic mass is 10.0. The van der Waals surface area contributed by atoms with Crippen LogP contribution in [0.1, 0.15) is 11.1 Å². The van der Waals surface area contributed by atoms with E-state index in [9.17, 15) is 26.4 Å². The minimum atomic E-state index is -4.74. The molecule has 0 aliphatic carbocycles. The molecule has 1 N–H and O–H groups in total. The molecule has 2 rings (SSSR count). The summed E-state index contributed by atoms with van der Waals surface area (Å²) in [5.41, 5.74) is -1.56. The number of sulfonamides is 1. The first-order valence-corrected chi connectivity index (χ1v) is 10.4. The van der Waals surface area contributed by atoms with E-state index in [2.05, 4.69) is 5.32 Å². The molecule has 1 saturated heterocycles. The highest BCUT2D eigenvalue weighted by molar-refractivity contribution is 7.88. The van der Waals surface area contributed by atoms with Crippen LogP contribution in [0.2, 0.25) is 0 Å². The quantitative estimate of drug-likeness (QED) is 0.665. The summed E-state index contributed by atoms with van der Waals surface area (Å²) in [6.45, 7) is 0.211. The summed E-state index contributed by atoms with van der Waals surface area (Å²) in [7, 11) is -2.14. The van der Waals surface area contributed by atoms with Gasteiger partial charge in [-0.2, -0.15) is 22.7 Å².